The van der Waals surface area contributed by atoms with E-state index in [1.54, 1.807) is 30.3 Å². The Balaban J connectivity index is 1.48. The standard InChI is InChI=1S/C25H21F4I3O6S/c1-2-12-3-5-14(6-4-12)23(11-36-22-18(31)9-15(30)10-19(22)32)37-20-13-7-16(21(20)38-23)17(8-13)24(26,27)25(28,29)39(33,34)35/h2-6,9-10,13,16-17,20-21H,1,7-8,11H2,(H,33,34,35)/p-1. The Bertz CT molecular complexity index is 1380. The molecule has 39 heavy (non-hydrogen) atoms. The summed E-state index contributed by atoms with van der Waals surface area (Å²) in [6, 6.07) is 10.9. The van der Waals surface area contributed by atoms with E-state index in [-0.39, 0.29) is 13.0 Å². The van der Waals surface area contributed by atoms with Gasteiger partial charge >= 0.3 is 11.2 Å². The third-order valence-corrected chi connectivity index (χ3v) is 10.8. The molecule has 0 aromatic heterocycles. The van der Waals surface area contributed by atoms with E-state index in [0.717, 1.165) is 16.3 Å². The van der Waals surface area contributed by atoms with Crippen LogP contribution >= 0.6 is 67.8 Å². The minimum absolute atomic E-state index is 0.0871. The zero-order chi connectivity index (χ0) is 28.5. The van der Waals surface area contributed by atoms with Gasteiger partial charge in [0.25, 0.3) is 0 Å². The second-order valence-corrected chi connectivity index (χ2v) is 14.8. The molecule has 0 N–H and O–H groups in total. The molecule has 5 rings (SSSR count). The lowest BCUT2D eigenvalue weighted by atomic mass is 9.81. The molecule has 2 aromatic rings. The maximum Gasteiger partial charge on any atom is 0.396 e. The first-order valence-corrected chi connectivity index (χ1v) is 16.3. The van der Waals surface area contributed by atoms with Crippen LogP contribution < -0.4 is 4.74 Å². The molecule has 2 saturated carbocycles. The van der Waals surface area contributed by atoms with Gasteiger partial charge in [-0.25, -0.2) is 8.42 Å². The van der Waals surface area contributed by atoms with Crippen LogP contribution in [0.1, 0.15) is 24.0 Å². The summed E-state index contributed by atoms with van der Waals surface area (Å²) >= 11 is 6.46. The highest BCUT2D eigenvalue weighted by molar-refractivity contribution is 14.1. The first-order valence-electron chi connectivity index (χ1n) is 11.7. The molecule has 6 nitrogen and oxygen atoms in total. The van der Waals surface area contributed by atoms with Crippen molar-refractivity contribution in [2.75, 3.05) is 6.61 Å². The summed E-state index contributed by atoms with van der Waals surface area (Å²) in [5.41, 5.74) is 1.35. The topological polar surface area (TPSA) is 84.9 Å². The average Bonchev–Trinajstić information content (AvgIpc) is 3.54. The van der Waals surface area contributed by atoms with Gasteiger partial charge in [0.1, 0.15) is 12.4 Å². The van der Waals surface area contributed by atoms with Crippen molar-refractivity contribution in [1.82, 2.24) is 0 Å². The molecule has 1 aliphatic heterocycles. The molecule has 2 aliphatic carbocycles. The molecular formula is C25H20F4I3O6S-. The lowest BCUT2D eigenvalue weighted by molar-refractivity contribution is -0.223. The molecule has 3 aliphatic rings. The van der Waals surface area contributed by atoms with Crippen molar-refractivity contribution >= 4 is 84.0 Å². The Morgan fingerprint density at radius 1 is 1.05 bits per heavy atom. The predicted molar refractivity (Wildman–Crippen MR) is 157 cm³/mol. The van der Waals surface area contributed by atoms with Crippen LogP contribution in [0, 0.1) is 28.5 Å². The molecule has 212 valence electrons. The van der Waals surface area contributed by atoms with Gasteiger partial charge < -0.3 is 18.8 Å². The van der Waals surface area contributed by atoms with Gasteiger partial charge in [-0.05, 0) is 110 Å². The van der Waals surface area contributed by atoms with Gasteiger partial charge in [0.05, 0.1) is 19.3 Å². The van der Waals surface area contributed by atoms with E-state index in [2.05, 4.69) is 74.4 Å². The van der Waals surface area contributed by atoms with E-state index in [4.69, 9.17) is 14.2 Å². The van der Waals surface area contributed by atoms with Crippen LogP contribution in [0.4, 0.5) is 17.6 Å². The maximum atomic E-state index is 14.9. The van der Waals surface area contributed by atoms with Crippen LogP contribution in [0.3, 0.4) is 0 Å². The highest BCUT2D eigenvalue weighted by Crippen LogP contribution is 2.63. The Labute approximate surface area is 263 Å². The molecular weight excluding hydrogens is 885 g/mol. The molecule has 0 spiro atoms. The first kappa shape index (κ1) is 30.2. The third kappa shape index (κ3) is 5.04. The average molecular weight is 905 g/mol. The van der Waals surface area contributed by atoms with Gasteiger partial charge in [-0.1, -0.05) is 36.9 Å². The molecule has 14 heteroatoms. The smallest absolute Gasteiger partial charge is 0.396 e. The van der Waals surface area contributed by atoms with Crippen LogP contribution in [0.25, 0.3) is 6.08 Å². The van der Waals surface area contributed by atoms with Gasteiger partial charge in [0.2, 0.25) is 5.79 Å². The highest BCUT2D eigenvalue weighted by Gasteiger charge is 2.73. The van der Waals surface area contributed by atoms with E-state index >= 15 is 0 Å². The minimum atomic E-state index is -6.59. The van der Waals surface area contributed by atoms with Gasteiger partial charge in [0.15, 0.2) is 10.1 Å². The fraction of sp³-hybridized carbons (Fsp3) is 0.440. The van der Waals surface area contributed by atoms with Crippen LogP contribution in [0.2, 0.25) is 0 Å². The molecule has 3 fully saturated rings. The lowest BCUT2D eigenvalue weighted by Gasteiger charge is -2.38. The summed E-state index contributed by atoms with van der Waals surface area (Å²) in [7, 11) is -6.59. The predicted octanol–water partition coefficient (Wildman–Crippen LogP) is 6.59. The SMILES string of the molecule is C=Cc1ccc(C2(COc3c(I)cc(I)cc3I)OC3C4CC(C3O2)C(C(F)(F)C(F)(F)S(=O)(=O)[O-])C4)cc1. The fourth-order valence-corrected chi connectivity index (χ4v) is 10.2. The molecule has 0 radical (unpaired) electrons. The largest absolute Gasteiger partial charge is 0.743 e. The number of alkyl halides is 4. The van der Waals surface area contributed by atoms with Gasteiger partial charge in [0, 0.05) is 15.1 Å². The van der Waals surface area contributed by atoms with Crippen molar-refractivity contribution < 1.29 is 44.7 Å². The van der Waals surface area contributed by atoms with E-state index < -0.39 is 63.5 Å². The van der Waals surface area contributed by atoms with Crippen LogP contribution in [-0.2, 0) is 25.4 Å². The zero-order valence-corrected chi connectivity index (χ0v) is 27.0. The van der Waals surface area contributed by atoms with E-state index in [1.807, 2.05) is 12.1 Å². The monoisotopic (exact) mass is 905 g/mol. The van der Waals surface area contributed by atoms with Crippen molar-refractivity contribution in [3.8, 4) is 5.75 Å². The second kappa shape index (κ2) is 10.5. The molecule has 6 atom stereocenters. The summed E-state index contributed by atoms with van der Waals surface area (Å²) in [6.07, 6.45) is -0.415. The Hall–Kier alpha value is -0.280. The van der Waals surface area contributed by atoms with Gasteiger partial charge in [-0.15, -0.1) is 0 Å². The van der Waals surface area contributed by atoms with Gasteiger partial charge in [-0.2, -0.15) is 17.6 Å². The van der Waals surface area contributed by atoms with Crippen molar-refractivity contribution in [2.24, 2.45) is 17.8 Å². The van der Waals surface area contributed by atoms with Crippen LogP contribution in [0.15, 0.2) is 43.0 Å². The second-order valence-electron chi connectivity index (χ2n) is 9.83. The Morgan fingerprint density at radius 3 is 2.21 bits per heavy atom. The van der Waals surface area contributed by atoms with E-state index in [0.29, 0.717) is 11.3 Å². The number of hydrogen-bond acceptors (Lipinski definition) is 6. The van der Waals surface area contributed by atoms with Crippen LogP contribution in [0.5, 0.6) is 5.75 Å². The quantitative estimate of drug-likeness (QED) is 0.169. The fourth-order valence-electron chi connectivity index (χ4n) is 5.83. The highest BCUT2D eigenvalue weighted by atomic mass is 127. The Kier molecular flexibility index (Phi) is 8.10. The summed E-state index contributed by atoms with van der Waals surface area (Å²) in [5, 5.41) is -5.75. The molecule has 2 bridgehead atoms. The van der Waals surface area contributed by atoms with Crippen LogP contribution in [-0.4, -0.2) is 43.0 Å². The van der Waals surface area contributed by atoms with E-state index in [9.17, 15) is 30.5 Å². The summed E-state index contributed by atoms with van der Waals surface area (Å²) < 4.78 is 113. The van der Waals surface area contributed by atoms with Crippen molar-refractivity contribution in [3.63, 3.8) is 0 Å². The summed E-state index contributed by atoms with van der Waals surface area (Å²) in [5.74, 6) is -9.83. The number of benzene rings is 2. The minimum Gasteiger partial charge on any atom is -0.743 e. The first-order chi connectivity index (χ1) is 18.1. The molecule has 6 unspecified atom stereocenters. The normalized spacial score (nSPS) is 30.4. The van der Waals surface area contributed by atoms with Crippen molar-refractivity contribution in [2.45, 2.75) is 42.0 Å². The summed E-state index contributed by atoms with van der Waals surface area (Å²) in [4.78, 5) is 0. The Morgan fingerprint density at radius 2 is 1.64 bits per heavy atom. The van der Waals surface area contributed by atoms with Gasteiger partial charge in [-0.3, -0.25) is 0 Å². The lowest BCUT2D eigenvalue weighted by Crippen LogP contribution is -2.55. The number of hydrogen-bond donors (Lipinski definition) is 0. The third-order valence-electron chi connectivity index (χ3n) is 7.64. The molecule has 1 heterocycles. The number of fused-ring (bicyclic) bond motifs is 5. The van der Waals surface area contributed by atoms with Crippen molar-refractivity contribution in [3.05, 3.63) is 64.8 Å². The number of halogens is 7. The number of ether oxygens (including phenoxy) is 3. The maximum absolute atomic E-state index is 14.9. The summed E-state index contributed by atoms with van der Waals surface area (Å²) in [6.45, 7) is 3.57. The number of rotatable bonds is 8. The van der Waals surface area contributed by atoms with Crippen molar-refractivity contribution in [1.29, 1.82) is 0 Å². The molecule has 0 amide bonds. The zero-order valence-electron chi connectivity index (χ0n) is 19.8. The molecule has 2 aromatic carbocycles. The van der Waals surface area contributed by atoms with E-state index in [1.165, 1.54) is 0 Å². The molecule has 1 saturated heterocycles.